The zero-order valence-electron chi connectivity index (χ0n) is 51.8. The monoisotopic (exact) mass is 1150 g/mol. The SMILES string of the molecule is CC(C)(C)c1ccc(-c2cc3c4c(c2)N(c2c(-c5ccccc5)cccc2-c2ccccc2)c2cc(-n5c6ccccc6c6ccccc65)ccc2B4c2cc(-c4ccccc4)ccc2N3c2c(-c3ccccc3)cccc2-c2ccccc2)c(C(C)(C)C)c1. The highest BCUT2D eigenvalue weighted by atomic mass is 15.2. The van der Waals surface area contributed by atoms with Crippen LogP contribution in [0.15, 0.2) is 303 Å². The molecule has 430 valence electrons. The summed E-state index contributed by atoms with van der Waals surface area (Å²) in [4.78, 5) is 5.37. The summed E-state index contributed by atoms with van der Waals surface area (Å²) in [6.45, 7) is 13.9. The van der Waals surface area contributed by atoms with E-state index in [0.717, 1.165) is 89.9 Å². The van der Waals surface area contributed by atoms with Gasteiger partial charge in [-0.15, -0.1) is 0 Å². The molecule has 0 unspecified atom stereocenters. The lowest BCUT2D eigenvalue weighted by molar-refractivity contribution is 0.570. The van der Waals surface area contributed by atoms with Gasteiger partial charge in [-0.05, 0) is 125 Å². The minimum Gasteiger partial charge on any atom is -0.310 e. The lowest BCUT2D eigenvalue weighted by Crippen LogP contribution is -2.61. The summed E-state index contributed by atoms with van der Waals surface area (Å²) in [5, 5.41) is 2.46. The first-order valence-corrected chi connectivity index (χ1v) is 31.7. The van der Waals surface area contributed by atoms with Crippen LogP contribution >= 0.6 is 0 Å². The second-order valence-corrected chi connectivity index (χ2v) is 26.4. The molecule has 13 aromatic carbocycles. The van der Waals surface area contributed by atoms with Gasteiger partial charge in [-0.3, -0.25) is 0 Å². The van der Waals surface area contributed by atoms with E-state index in [9.17, 15) is 0 Å². The van der Waals surface area contributed by atoms with Gasteiger partial charge in [0.15, 0.2) is 0 Å². The molecule has 0 spiro atoms. The zero-order valence-corrected chi connectivity index (χ0v) is 51.8. The van der Waals surface area contributed by atoms with E-state index in [0.29, 0.717) is 0 Å². The van der Waals surface area contributed by atoms with E-state index in [1.165, 1.54) is 66.0 Å². The van der Waals surface area contributed by atoms with Gasteiger partial charge in [-0.2, -0.15) is 0 Å². The molecule has 0 fully saturated rings. The van der Waals surface area contributed by atoms with Crippen molar-refractivity contribution in [1.29, 1.82) is 0 Å². The molecule has 90 heavy (non-hydrogen) atoms. The fraction of sp³-hybridized carbons (Fsp3) is 0.0930. The Morgan fingerprint density at radius 2 is 0.722 bits per heavy atom. The smallest absolute Gasteiger partial charge is 0.252 e. The van der Waals surface area contributed by atoms with Crippen molar-refractivity contribution in [2.45, 2.75) is 52.4 Å². The van der Waals surface area contributed by atoms with Gasteiger partial charge in [0.05, 0.1) is 22.4 Å². The molecule has 14 aromatic rings. The maximum atomic E-state index is 2.70. The summed E-state index contributed by atoms with van der Waals surface area (Å²) in [5.74, 6) is 0. The molecule has 4 heteroatoms. The second-order valence-electron chi connectivity index (χ2n) is 26.4. The fourth-order valence-electron chi connectivity index (χ4n) is 14.6. The number of anilines is 6. The standard InChI is InChI=1S/C86H68BN3/c1-85(2,3)64-47-49-66(73(55-64)86(4,5)6)63-53-80-82-81(54-63)90(84-69(60-34-18-10-19-35-60)42-27-43-70(84)61-36-20-11-21-37-61)79-56-65(88-76-44-24-22-38-71(76)72-39-23-25-45-77(72)88)48-50-74(79)87(82)75-52-62(57-28-12-7-13-29-57)46-51-78(75)89(80)83-67(58-30-14-8-15-31-58)40-26-41-68(83)59-32-16-9-17-33-59/h7-56H,1-6H3. The third-order valence-corrected chi connectivity index (χ3v) is 18.9. The van der Waals surface area contributed by atoms with Gasteiger partial charge >= 0.3 is 0 Å². The van der Waals surface area contributed by atoms with E-state index in [1.807, 2.05) is 0 Å². The molecule has 0 saturated heterocycles. The van der Waals surface area contributed by atoms with Crippen molar-refractivity contribution < 1.29 is 0 Å². The molecule has 2 aliphatic rings. The van der Waals surface area contributed by atoms with Crippen molar-refractivity contribution in [3.8, 4) is 72.4 Å². The Kier molecular flexibility index (Phi) is 13.1. The molecule has 0 radical (unpaired) electrons. The molecule has 0 saturated carbocycles. The molecule has 0 aliphatic carbocycles. The molecule has 16 rings (SSSR count). The molecular formula is C86H68BN3. The lowest BCUT2D eigenvalue weighted by Gasteiger charge is -2.46. The zero-order chi connectivity index (χ0) is 60.8. The number of hydrogen-bond acceptors (Lipinski definition) is 2. The molecular weight excluding hydrogens is 1090 g/mol. The van der Waals surface area contributed by atoms with E-state index in [2.05, 4.69) is 359 Å². The molecule has 0 bridgehead atoms. The quantitative estimate of drug-likeness (QED) is 0.133. The van der Waals surface area contributed by atoms with Gasteiger partial charge in [0, 0.05) is 61.5 Å². The number of para-hydroxylation sites is 4. The van der Waals surface area contributed by atoms with Gasteiger partial charge in [-0.1, -0.05) is 302 Å². The summed E-state index contributed by atoms with van der Waals surface area (Å²) in [6.07, 6.45) is 0. The molecule has 1 aromatic heterocycles. The Bertz CT molecular complexity index is 4910. The Hall–Kier alpha value is -10.7. The summed E-state index contributed by atoms with van der Waals surface area (Å²) >= 11 is 0. The van der Waals surface area contributed by atoms with Gasteiger partial charge < -0.3 is 14.4 Å². The Labute approximate surface area is 529 Å². The van der Waals surface area contributed by atoms with Gasteiger partial charge in [-0.25, -0.2) is 0 Å². The molecule has 3 nitrogen and oxygen atoms in total. The highest BCUT2D eigenvalue weighted by molar-refractivity contribution is 7.00. The summed E-state index contributed by atoms with van der Waals surface area (Å²) < 4.78 is 2.49. The highest BCUT2D eigenvalue weighted by Crippen LogP contribution is 2.55. The van der Waals surface area contributed by atoms with E-state index >= 15 is 0 Å². The largest absolute Gasteiger partial charge is 0.310 e. The van der Waals surface area contributed by atoms with E-state index < -0.39 is 0 Å². The predicted molar refractivity (Wildman–Crippen MR) is 385 cm³/mol. The second kappa shape index (κ2) is 21.6. The van der Waals surface area contributed by atoms with Gasteiger partial charge in [0.1, 0.15) is 0 Å². The molecule has 0 atom stereocenters. The number of fused-ring (bicyclic) bond motifs is 7. The van der Waals surface area contributed by atoms with Gasteiger partial charge in [0.2, 0.25) is 0 Å². The lowest BCUT2D eigenvalue weighted by atomic mass is 9.33. The number of benzene rings is 13. The van der Waals surface area contributed by atoms with Crippen LogP contribution in [-0.4, -0.2) is 11.3 Å². The first-order chi connectivity index (χ1) is 44.0. The van der Waals surface area contributed by atoms with E-state index in [4.69, 9.17) is 0 Å². The fourth-order valence-corrected chi connectivity index (χ4v) is 14.6. The summed E-state index contributed by atoms with van der Waals surface area (Å²) in [7, 11) is 0. The van der Waals surface area contributed by atoms with Crippen LogP contribution in [0.3, 0.4) is 0 Å². The van der Waals surface area contributed by atoms with Gasteiger partial charge in [0.25, 0.3) is 6.71 Å². The van der Waals surface area contributed by atoms with Crippen molar-refractivity contribution in [2.75, 3.05) is 9.80 Å². The maximum absolute atomic E-state index is 2.70. The summed E-state index contributed by atoms with van der Waals surface area (Å²) in [5.41, 5.74) is 30.3. The minimum absolute atomic E-state index is 0.0642. The van der Waals surface area contributed by atoms with Crippen LogP contribution in [0.1, 0.15) is 52.7 Å². The van der Waals surface area contributed by atoms with E-state index in [1.54, 1.807) is 0 Å². The van der Waals surface area contributed by atoms with Crippen LogP contribution in [0.25, 0.3) is 94.3 Å². The first kappa shape index (κ1) is 54.7. The van der Waals surface area contributed by atoms with Crippen LogP contribution in [-0.2, 0) is 10.8 Å². The molecule has 0 N–H and O–H groups in total. The Morgan fingerprint density at radius 3 is 1.19 bits per heavy atom. The van der Waals surface area contributed by atoms with Crippen LogP contribution in [0.5, 0.6) is 0 Å². The first-order valence-electron chi connectivity index (χ1n) is 31.7. The number of hydrogen-bond donors (Lipinski definition) is 0. The highest BCUT2D eigenvalue weighted by Gasteiger charge is 2.46. The number of nitrogens with zero attached hydrogens (tertiary/aromatic N) is 3. The average Bonchev–Trinajstić information content (AvgIpc) is 0.760. The maximum Gasteiger partial charge on any atom is 0.252 e. The summed E-state index contributed by atoms with van der Waals surface area (Å²) in [6, 6.07) is 114. The van der Waals surface area contributed by atoms with Crippen molar-refractivity contribution >= 4 is 79.0 Å². The average molecular weight is 1150 g/mol. The Balaban J connectivity index is 1.11. The van der Waals surface area contributed by atoms with Crippen LogP contribution in [0.2, 0.25) is 0 Å². The Morgan fingerprint density at radius 1 is 0.278 bits per heavy atom. The third-order valence-electron chi connectivity index (χ3n) is 18.9. The topological polar surface area (TPSA) is 11.4 Å². The number of rotatable bonds is 9. The molecule has 2 aliphatic heterocycles. The van der Waals surface area contributed by atoms with Crippen molar-refractivity contribution in [2.24, 2.45) is 0 Å². The van der Waals surface area contributed by atoms with Crippen LogP contribution in [0.4, 0.5) is 34.1 Å². The van der Waals surface area contributed by atoms with E-state index in [-0.39, 0.29) is 17.5 Å². The normalized spacial score (nSPS) is 12.7. The van der Waals surface area contributed by atoms with Crippen molar-refractivity contribution in [3.05, 3.63) is 314 Å². The molecule has 0 amide bonds. The predicted octanol–water partition coefficient (Wildman–Crippen LogP) is 21.5. The number of aromatic nitrogens is 1. The minimum atomic E-state index is -0.212. The molecule has 3 heterocycles. The van der Waals surface area contributed by atoms with Crippen molar-refractivity contribution in [1.82, 2.24) is 4.57 Å². The third kappa shape index (κ3) is 9.11. The van der Waals surface area contributed by atoms with Crippen LogP contribution in [0, 0.1) is 0 Å². The van der Waals surface area contributed by atoms with Crippen LogP contribution < -0.4 is 26.2 Å². The van der Waals surface area contributed by atoms with Crippen molar-refractivity contribution in [3.63, 3.8) is 0 Å².